The van der Waals surface area contributed by atoms with E-state index in [2.05, 4.69) is 51.2 Å². The quantitative estimate of drug-likeness (QED) is 0.783. The molecule has 0 saturated carbocycles. The molecular formula is C15H23N. The molecule has 1 heterocycles. The largest absolute Gasteiger partial charge is 0.382 e. The second-order valence-electron chi connectivity index (χ2n) is 5.57. The fourth-order valence-electron chi connectivity index (χ4n) is 2.55. The van der Waals surface area contributed by atoms with E-state index in [0.717, 1.165) is 0 Å². The van der Waals surface area contributed by atoms with Crippen LogP contribution in [0.25, 0.3) is 0 Å². The molecule has 0 fully saturated rings. The molecule has 0 aliphatic carbocycles. The molecule has 1 heteroatoms. The molecule has 1 aliphatic rings. The lowest BCUT2D eigenvalue weighted by Crippen LogP contribution is -2.31. The van der Waals surface area contributed by atoms with Crippen molar-refractivity contribution >= 4 is 5.69 Å². The summed E-state index contributed by atoms with van der Waals surface area (Å²) in [6.07, 6.45) is 2.50. The first-order valence-corrected chi connectivity index (χ1v) is 6.48. The van der Waals surface area contributed by atoms with E-state index in [1.54, 1.807) is 0 Å². The maximum absolute atomic E-state index is 3.75. The van der Waals surface area contributed by atoms with Crippen LogP contribution in [0.4, 0.5) is 5.69 Å². The molecule has 1 nitrogen and oxygen atoms in total. The van der Waals surface area contributed by atoms with E-state index in [0.29, 0.717) is 17.9 Å². The molecule has 0 spiro atoms. The molecule has 1 unspecified atom stereocenters. The minimum atomic E-state index is 0.605. The van der Waals surface area contributed by atoms with Crippen molar-refractivity contribution in [1.29, 1.82) is 0 Å². The lowest BCUT2D eigenvalue weighted by Gasteiger charge is -2.32. The van der Waals surface area contributed by atoms with Gasteiger partial charge in [0.1, 0.15) is 0 Å². The molecule has 16 heavy (non-hydrogen) atoms. The van der Waals surface area contributed by atoms with Gasteiger partial charge in [-0.2, -0.15) is 0 Å². The minimum Gasteiger partial charge on any atom is -0.382 e. The lowest BCUT2D eigenvalue weighted by molar-refractivity contribution is 0.482. The number of aryl methyl sites for hydroxylation is 1. The highest BCUT2D eigenvalue weighted by molar-refractivity contribution is 5.61. The number of rotatable bonds is 2. The predicted molar refractivity (Wildman–Crippen MR) is 71.1 cm³/mol. The average Bonchev–Trinajstić information content (AvgIpc) is 2.27. The van der Waals surface area contributed by atoms with Crippen molar-refractivity contribution in [2.45, 2.75) is 52.5 Å². The number of anilines is 1. The van der Waals surface area contributed by atoms with Crippen LogP contribution in [-0.2, 0) is 6.42 Å². The molecule has 0 radical (unpaired) electrons. The number of hydrogen-bond donors (Lipinski definition) is 1. The minimum absolute atomic E-state index is 0.605. The summed E-state index contributed by atoms with van der Waals surface area (Å²) in [4.78, 5) is 0. The molecule has 1 aromatic carbocycles. The third-order valence-electron chi connectivity index (χ3n) is 3.66. The van der Waals surface area contributed by atoms with Gasteiger partial charge in [0, 0.05) is 11.7 Å². The monoisotopic (exact) mass is 217 g/mol. The van der Waals surface area contributed by atoms with Gasteiger partial charge in [-0.15, -0.1) is 0 Å². The zero-order valence-electron chi connectivity index (χ0n) is 10.9. The van der Waals surface area contributed by atoms with E-state index >= 15 is 0 Å². The lowest BCUT2D eigenvalue weighted by atomic mass is 9.88. The molecular weight excluding hydrogens is 194 g/mol. The molecule has 2 rings (SSSR count). The van der Waals surface area contributed by atoms with Crippen LogP contribution in [0.15, 0.2) is 18.2 Å². The van der Waals surface area contributed by atoms with Crippen LogP contribution in [-0.4, -0.2) is 6.04 Å². The van der Waals surface area contributed by atoms with Crippen LogP contribution >= 0.6 is 0 Å². The van der Waals surface area contributed by atoms with Gasteiger partial charge in [-0.25, -0.2) is 0 Å². The van der Waals surface area contributed by atoms with Gasteiger partial charge in [0.05, 0.1) is 0 Å². The van der Waals surface area contributed by atoms with Gasteiger partial charge >= 0.3 is 0 Å². The van der Waals surface area contributed by atoms with E-state index in [4.69, 9.17) is 0 Å². The fraction of sp³-hybridized carbons (Fsp3) is 0.600. The summed E-state index contributed by atoms with van der Waals surface area (Å²) < 4.78 is 0. The van der Waals surface area contributed by atoms with Crippen molar-refractivity contribution < 1.29 is 0 Å². The summed E-state index contributed by atoms with van der Waals surface area (Å²) in [5.41, 5.74) is 4.40. The Morgan fingerprint density at radius 2 is 1.94 bits per heavy atom. The Bertz CT molecular complexity index is 366. The van der Waals surface area contributed by atoms with E-state index in [1.807, 2.05) is 0 Å². The first-order chi connectivity index (χ1) is 7.59. The molecule has 0 amide bonds. The highest BCUT2D eigenvalue weighted by atomic mass is 14.9. The highest BCUT2D eigenvalue weighted by Crippen LogP contribution is 2.34. The van der Waals surface area contributed by atoms with Gasteiger partial charge in [0.25, 0.3) is 0 Å². The molecule has 88 valence electrons. The molecule has 1 aromatic rings. The van der Waals surface area contributed by atoms with Crippen LogP contribution in [0.2, 0.25) is 0 Å². The average molecular weight is 217 g/mol. The van der Waals surface area contributed by atoms with Crippen molar-refractivity contribution in [2.75, 3.05) is 5.32 Å². The van der Waals surface area contributed by atoms with E-state index in [-0.39, 0.29) is 0 Å². The van der Waals surface area contributed by atoms with Gasteiger partial charge < -0.3 is 5.32 Å². The summed E-state index contributed by atoms with van der Waals surface area (Å²) in [6.45, 7) is 9.16. The van der Waals surface area contributed by atoms with Gasteiger partial charge in [0.15, 0.2) is 0 Å². The topological polar surface area (TPSA) is 12.0 Å². The summed E-state index contributed by atoms with van der Waals surface area (Å²) in [5.74, 6) is 1.32. The maximum Gasteiger partial charge on any atom is 0.0410 e. The maximum atomic E-state index is 3.75. The van der Waals surface area contributed by atoms with Crippen molar-refractivity contribution in [3.63, 3.8) is 0 Å². The van der Waals surface area contributed by atoms with E-state index < -0.39 is 0 Å². The number of nitrogens with one attached hydrogen (secondary N) is 1. The van der Waals surface area contributed by atoms with Crippen LogP contribution in [0.1, 0.15) is 51.2 Å². The third-order valence-corrected chi connectivity index (χ3v) is 3.66. The van der Waals surface area contributed by atoms with Crippen LogP contribution < -0.4 is 5.32 Å². The Morgan fingerprint density at radius 3 is 2.56 bits per heavy atom. The van der Waals surface area contributed by atoms with Crippen molar-refractivity contribution in [3.8, 4) is 0 Å². The van der Waals surface area contributed by atoms with E-state index in [1.165, 1.54) is 29.7 Å². The Hall–Kier alpha value is -0.980. The number of para-hydroxylation sites is 1. The number of benzene rings is 1. The zero-order valence-corrected chi connectivity index (χ0v) is 10.9. The SMILES string of the molecule is CC(C)c1cccc2c1NC(C(C)C)CC2. The summed E-state index contributed by atoms with van der Waals surface area (Å²) in [7, 11) is 0. The van der Waals surface area contributed by atoms with Crippen molar-refractivity contribution in [3.05, 3.63) is 29.3 Å². The molecule has 1 N–H and O–H groups in total. The van der Waals surface area contributed by atoms with Gasteiger partial charge in [-0.3, -0.25) is 0 Å². The first kappa shape index (κ1) is 11.5. The first-order valence-electron chi connectivity index (χ1n) is 6.48. The Labute approximate surface area is 99.3 Å². The molecule has 1 aliphatic heterocycles. The highest BCUT2D eigenvalue weighted by Gasteiger charge is 2.22. The molecule has 0 saturated heterocycles. The Morgan fingerprint density at radius 1 is 1.19 bits per heavy atom. The van der Waals surface area contributed by atoms with Crippen molar-refractivity contribution in [1.82, 2.24) is 0 Å². The fourth-order valence-corrected chi connectivity index (χ4v) is 2.55. The molecule has 0 aromatic heterocycles. The predicted octanol–water partition coefficient (Wildman–Crippen LogP) is 4.19. The van der Waals surface area contributed by atoms with Crippen molar-refractivity contribution in [2.24, 2.45) is 5.92 Å². The Balaban J connectivity index is 2.34. The normalized spacial score (nSPS) is 19.8. The third kappa shape index (κ3) is 2.09. The standard InChI is InChI=1S/C15H23N/c1-10(2)13-7-5-6-12-8-9-14(11(3)4)16-15(12)13/h5-7,10-11,14,16H,8-9H2,1-4H3. The molecule has 0 bridgehead atoms. The number of fused-ring (bicyclic) bond motifs is 1. The molecule has 1 atom stereocenters. The summed E-state index contributed by atoms with van der Waals surface area (Å²) >= 11 is 0. The smallest absolute Gasteiger partial charge is 0.0410 e. The second kappa shape index (κ2) is 4.48. The Kier molecular flexibility index (Phi) is 3.22. The van der Waals surface area contributed by atoms with Crippen LogP contribution in [0.3, 0.4) is 0 Å². The van der Waals surface area contributed by atoms with Crippen LogP contribution in [0.5, 0.6) is 0 Å². The van der Waals surface area contributed by atoms with Gasteiger partial charge in [0.2, 0.25) is 0 Å². The van der Waals surface area contributed by atoms with E-state index in [9.17, 15) is 0 Å². The summed E-state index contributed by atoms with van der Waals surface area (Å²) in [5, 5.41) is 3.75. The van der Waals surface area contributed by atoms with Crippen LogP contribution in [0, 0.1) is 5.92 Å². The summed E-state index contributed by atoms with van der Waals surface area (Å²) in [6, 6.07) is 7.38. The second-order valence-corrected chi connectivity index (χ2v) is 5.57. The zero-order chi connectivity index (χ0) is 11.7. The van der Waals surface area contributed by atoms with Gasteiger partial charge in [-0.1, -0.05) is 45.9 Å². The van der Waals surface area contributed by atoms with Gasteiger partial charge in [-0.05, 0) is 35.8 Å². The number of hydrogen-bond acceptors (Lipinski definition) is 1.